The number of hydrogen-bond donors (Lipinski definition) is 1. The van der Waals surface area contributed by atoms with E-state index in [-0.39, 0.29) is 40.8 Å². The zero-order chi connectivity index (χ0) is 24.3. The summed E-state index contributed by atoms with van der Waals surface area (Å²) in [6.07, 6.45) is 4.74. The van der Waals surface area contributed by atoms with Crippen LogP contribution in [-0.2, 0) is 28.7 Å². The van der Waals surface area contributed by atoms with Gasteiger partial charge in [-0.25, -0.2) is 0 Å². The summed E-state index contributed by atoms with van der Waals surface area (Å²) in [5.74, 6) is -0.827. The number of aliphatic hydroxyl groups is 1. The molecule has 0 aromatic carbocycles. The minimum atomic E-state index is -1.64. The number of esters is 2. The van der Waals surface area contributed by atoms with Crippen LogP contribution in [0.25, 0.3) is 0 Å². The number of carbonyl (C=O) groups is 4. The Bertz CT molecular complexity index is 922. The lowest BCUT2D eigenvalue weighted by Crippen LogP contribution is -2.63. The van der Waals surface area contributed by atoms with Gasteiger partial charge in [0.1, 0.15) is 11.7 Å². The first-order valence-electron chi connectivity index (χ1n) is 12.1. The number of Topliss-reactive ketones (excluding diaryl/α,β-unsaturated/α-hetero) is 1. The normalized spacial score (nSPS) is 44.1. The van der Waals surface area contributed by atoms with Crippen molar-refractivity contribution in [3.8, 4) is 0 Å². The van der Waals surface area contributed by atoms with Gasteiger partial charge in [0.2, 0.25) is 5.78 Å². The Morgan fingerprint density at radius 2 is 1.85 bits per heavy atom. The van der Waals surface area contributed by atoms with E-state index in [4.69, 9.17) is 9.47 Å². The lowest BCUT2D eigenvalue weighted by Gasteiger charge is -2.62. The van der Waals surface area contributed by atoms with E-state index in [9.17, 15) is 24.3 Å². The van der Waals surface area contributed by atoms with Crippen molar-refractivity contribution in [2.45, 2.75) is 84.8 Å². The minimum Gasteiger partial charge on any atom is -0.462 e. The highest BCUT2D eigenvalue weighted by molar-refractivity contribution is 5.92. The highest BCUT2D eigenvalue weighted by Crippen LogP contribution is 2.68. The number of allylic oxidation sites excluding steroid dienone is 1. The molecule has 0 aliphatic heterocycles. The average molecular weight is 461 g/mol. The number of hydrogen-bond acceptors (Lipinski definition) is 7. The summed E-state index contributed by atoms with van der Waals surface area (Å²) in [7, 11) is 0. The van der Waals surface area contributed by atoms with E-state index >= 15 is 0 Å². The summed E-state index contributed by atoms with van der Waals surface area (Å²) in [6, 6.07) is 0. The maximum Gasteiger partial charge on any atom is 0.303 e. The Kier molecular flexibility index (Phi) is 5.87. The third kappa shape index (κ3) is 3.58. The van der Waals surface area contributed by atoms with Crippen molar-refractivity contribution in [3.05, 3.63) is 11.6 Å². The Morgan fingerprint density at radius 1 is 1.15 bits per heavy atom. The van der Waals surface area contributed by atoms with Crippen molar-refractivity contribution in [2.24, 2.45) is 34.5 Å². The van der Waals surface area contributed by atoms with Crippen LogP contribution in [0.3, 0.4) is 0 Å². The molecule has 0 spiro atoms. The van der Waals surface area contributed by atoms with Crippen molar-refractivity contribution in [1.29, 1.82) is 0 Å². The molecule has 4 aliphatic rings. The molecule has 4 aliphatic carbocycles. The van der Waals surface area contributed by atoms with Gasteiger partial charge in [0, 0.05) is 31.6 Å². The van der Waals surface area contributed by atoms with Crippen molar-refractivity contribution in [1.82, 2.24) is 0 Å². The molecule has 3 fully saturated rings. The molecule has 8 atom stereocenters. The first kappa shape index (κ1) is 24.1. The van der Waals surface area contributed by atoms with Crippen molar-refractivity contribution in [2.75, 3.05) is 6.61 Å². The van der Waals surface area contributed by atoms with Gasteiger partial charge in [-0.1, -0.05) is 26.3 Å². The van der Waals surface area contributed by atoms with Crippen LogP contribution in [0.1, 0.15) is 73.1 Å². The predicted molar refractivity (Wildman–Crippen MR) is 119 cm³/mol. The first-order chi connectivity index (χ1) is 15.3. The lowest BCUT2D eigenvalue weighted by molar-refractivity contribution is -0.198. The summed E-state index contributed by atoms with van der Waals surface area (Å²) in [5.41, 5.74) is -1.55. The fraction of sp³-hybridized carbons (Fsp3) is 0.769. The van der Waals surface area contributed by atoms with Gasteiger partial charge < -0.3 is 14.6 Å². The van der Waals surface area contributed by atoms with Crippen LogP contribution < -0.4 is 0 Å². The molecular weight excluding hydrogens is 424 g/mol. The molecule has 0 aromatic heterocycles. The monoisotopic (exact) mass is 460 g/mol. The second-order valence-electron chi connectivity index (χ2n) is 11.3. The van der Waals surface area contributed by atoms with Crippen molar-refractivity contribution >= 4 is 23.5 Å². The Labute approximate surface area is 195 Å². The second kappa shape index (κ2) is 8.03. The van der Waals surface area contributed by atoms with Gasteiger partial charge in [0.15, 0.2) is 12.4 Å². The van der Waals surface area contributed by atoms with Crippen molar-refractivity contribution in [3.63, 3.8) is 0 Å². The summed E-state index contributed by atoms with van der Waals surface area (Å²) < 4.78 is 10.9. The highest BCUT2D eigenvalue weighted by Gasteiger charge is 2.69. The number of ether oxygens (including phenoxy) is 2. The number of rotatable bonds is 4. The van der Waals surface area contributed by atoms with Crippen LogP contribution in [0, 0.1) is 34.5 Å². The van der Waals surface area contributed by atoms with Gasteiger partial charge >= 0.3 is 11.9 Å². The van der Waals surface area contributed by atoms with E-state index in [1.54, 1.807) is 0 Å². The Morgan fingerprint density at radius 3 is 2.48 bits per heavy atom. The van der Waals surface area contributed by atoms with E-state index < -0.39 is 35.5 Å². The molecule has 0 aromatic rings. The van der Waals surface area contributed by atoms with Crippen LogP contribution in [0.15, 0.2) is 11.6 Å². The summed E-state index contributed by atoms with van der Waals surface area (Å²) >= 11 is 0. The summed E-state index contributed by atoms with van der Waals surface area (Å²) in [4.78, 5) is 48.8. The molecule has 0 saturated heterocycles. The molecule has 1 N–H and O–H groups in total. The van der Waals surface area contributed by atoms with Crippen LogP contribution in [0.5, 0.6) is 0 Å². The van der Waals surface area contributed by atoms with Gasteiger partial charge in [-0.15, -0.1) is 0 Å². The number of carbonyl (C=O) groups excluding carboxylic acids is 4. The Hall–Kier alpha value is -2.02. The fourth-order valence-electron chi connectivity index (χ4n) is 8.16. The van der Waals surface area contributed by atoms with Gasteiger partial charge in [-0.05, 0) is 61.3 Å². The molecule has 182 valence electrons. The van der Waals surface area contributed by atoms with Crippen LogP contribution >= 0.6 is 0 Å². The van der Waals surface area contributed by atoms with E-state index in [0.717, 1.165) is 18.4 Å². The first-order valence-corrected chi connectivity index (χ1v) is 12.1. The number of ketones is 2. The molecule has 0 radical (unpaired) electrons. The van der Waals surface area contributed by atoms with Crippen LogP contribution in [0.2, 0.25) is 0 Å². The lowest BCUT2D eigenvalue weighted by atomic mass is 9.44. The number of fused-ring (bicyclic) bond motifs is 5. The predicted octanol–water partition coefficient (Wildman–Crippen LogP) is 3.17. The Balaban J connectivity index is 1.76. The zero-order valence-corrected chi connectivity index (χ0v) is 20.3. The molecule has 0 bridgehead atoms. The van der Waals surface area contributed by atoms with E-state index in [1.807, 2.05) is 13.0 Å². The zero-order valence-electron chi connectivity index (χ0n) is 20.3. The highest BCUT2D eigenvalue weighted by atomic mass is 16.5. The maximum absolute atomic E-state index is 13.1. The largest absolute Gasteiger partial charge is 0.462 e. The van der Waals surface area contributed by atoms with Gasteiger partial charge in [0.05, 0.1) is 0 Å². The quantitative estimate of drug-likeness (QED) is 0.642. The van der Waals surface area contributed by atoms with E-state index in [0.29, 0.717) is 25.7 Å². The maximum atomic E-state index is 13.1. The van der Waals surface area contributed by atoms with Gasteiger partial charge in [0.25, 0.3) is 0 Å². The minimum absolute atomic E-state index is 0.0287. The molecule has 7 nitrogen and oxygen atoms in total. The molecule has 0 unspecified atom stereocenters. The smallest absolute Gasteiger partial charge is 0.303 e. The van der Waals surface area contributed by atoms with Crippen LogP contribution in [-0.4, -0.2) is 46.9 Å². The molecule has 7 heteroatoms. The van der Waals surface area contributed by atoms with Crippen LogP contribution in [0.4, 0.5) is 0 Å². The molecule has 33 heavy (non-hydrogen) atoms. The molecular formula is C26H36O7. The fourth-order valence-corrected chi connectivity index (χ4v) is 8.16. The van der Waals surface area contributed by atoms with Gasteiger partial charge in [-0.3, -0.25) is 19.2 Å². The average Bonchev–Trinajstić information content (AvgIpc) is 2.98. The molecule has 0 heterocycles. The second-order valence-corrected chi connectivity index (χ2v) is 11.3. The van der Waals surface area contributed by atoms with Crippen molar-refractivity contribution < 1.29 is 33.8 Å². The molecule has 0 amide bonds. The summed E-state index contributed by atoms with van der Waals surface area (Å²) in [5, 5.41) is 11.7. The molecule has 4 rings (SSSR count). The SMILES string of the molecule is CC(=O)OCC(=O)[C@@]1(O)CC[C@H]2[C@@H]3C[C@H](C)C4=CC(=O)CC[C@]4(C)[C@H]3[C@H](OC(C)=O)C[C@@]21C. The topological polar surface area (TPSA) is 107 Å². The van der Waals surface area contributed by atoms with E-state index in [2.05, 4.69) is 13.8 Å². The van der Waals surface area contributed by atoms with E-state index in [1.165, 1.54) is 13.8 Å². The third-order valence-electron chi connectivity index (χ3n) is 9.53. The molecule has 3 saturated carbocycles. The standard InChI is InChI=1S/C26H36O7/c1-14-10-18-19-7-9-26(31,22(30)13-32-15(2)27)25(19,5)12-21(33-16(3)28)23(18)24(4)8-6-17(29)11-20(14)24/h11,14,18-19,21,23,31H,6-10,12-13H2,1-5H3/t14-,18-,19-,21+,23+,24-,25-,26-/m0/s1. The summed E-state index contributed by atoms with van der Waals surface area (Å²) in [6.45, 7) is 8.46. The third-order valence-corrected chi connectivity index (χ3v) is 9.53. The van der Waals surface area contributed by atoms with Gasteiger partial charge in [-0.2, -0.15) is 0 Å².